The number of aryl methyl sites for hydroxylation is 1. The Morgan fingerprint density at radius 3 is 2.83 bits per heavy atom. The minimum absolute atomic E-state index is 0.0391. The Bertz CT molecular complexity index is 1210. The lowest BCUT2D eigenvalue weighted by Crippen LogP contribution is -2.17. The number of aromatic nitrogens is 2. The molecule has 0 spiro atoms. The number of benzene rings is 2. The van der Waals surface area contributed by atoms with Crippen LogP contribution >= 0.6 is 11.6 Å². The Balaban J connectivity index is 1.61. The highest BCUT2D eigenvalue weighted by molar-refractivity contribution is 7.90. The van der Waals surface area contributed by atoms with Crippen molar-refractivity contribution in [3.05, 3.63) is 63.8 Å². The van der Waals surface area contributed by atoms with Gasteiger partial charge >= 0.3 is 0 Å². The minimum atomic E-state index is -3.75. The van der Waals surface area contributed by atoms with E-state index in [1.165, 1.54) is 13.0 Å². The van der Waals surface area contributed by atoms with Crippen LogP contribution in [0.5, 0.6) is 5.75 Å². The van der Waals surface area contributed by atoms with Gasteiger partial charge < -0.3 is 14.0 Å². The van der Waals surface area contributed by atoms with Crippen molar-refractivity contribution in [2.24, 2.45) is 0 Å². The molecule has 1 atom stereocenters. The number of hydrogen-bond acceptors (Lipinski definition) is 7. The van der Waals surface area contributed by atoms with Gasteiger partial charge in [0.05, 0.1) is 12.4 Å². The lowest BCUT2D eigenvalue weighted by Gasteiger charge is -2.21. The SMILES string of the molecule is Cc1ccc(-c2noc(C(C)S(=O)(=O)Cc3cc(Cl)cc4c3OCOC4)n2)cc1F. The van der Waals surface area contributed by atoms with Crippen LogP contribution in [0.25, 0.3) is 11.4 Å². The predicted molar refractivity (Wildman–Crippen MR) is 107 cm³/mol. The Morgan fingerprint density at radius 2 is 2.07 bits per heavy atom. The van der Waals surface area contributed by atoms with Crippen molar-refractivity contribution in [2.75, 3.05) is 6.79 Å². The first kappa shape index (κ1) is 20.8. The molecular weight excluding hydrogens is 435 g/mol. The van der Waals surface area contributed by atoms with E-state index < -0.39 is 20.9 Å². The van der Waals surface area contributed by atoms with Gasteiger partial charge in [-0.1, -0.05) is 28.9 Å². The standard InChI is InChI=1S/C20H18ClFN2O5S/c1-11-3-4-13(7-17(11)22)19-23-20(29-24-19)12(2)30(25,26)9-15-6-16(21)5-14-8-27-10-28-18(14)15/h3-7,12H,8-10H2,1-2H3. The third-order valence-electron chi connectivity index (χ3n) is 4.87. The highest BCUT2D eigenvalue weighted by Crippen LogP contribution is 2.35. The van der Waals surface area contributed by atoms with Gasteiger partial charge in [-0.05, 0) is 37.6 Å². The number of sulfone groups is 1. The van der Waals surface area contributed by atoms with Crippen LogP contribution < -0.4 is 4.74 Å². The molecule has 30 heavy (non-hydrogen) atoms. The second kappa shape index (κ2) is 7.98. The van der Waals surface area contributed by atoms with E-state index in [0.717, 1.165) is 0 Å². The smallest absolute Gasteiger partial charge is 0.245 e. The van der Waals surface area contributed by atoms with Gasteiger partial charge in [-0.25, -0.2) is 12.8 Å². The summed E-state index contributed by atoms with van der Waals surface area (Å²) in [6.45, 7) is 3.43. The molecule has 0 bridgehead atoms. The van der Waals surface area contributed by atoms with E-state index in [1.54, 1.807) is 31.2 Å². The monoisotopic (exact) mass is 452 g/mol. The van der Waals surface area contributed by atoms with E-state index in [1.807, 2.05) is 0 Å². The highest BCUT2D eigenvalue weighted by atomic mass is 35.5. The summed E-state index contributed by atoms with van der Waals surface area (Å²) in [4.78, 5) is 4.16. The van der Waals surface area contributed by atoms with Crippen molar-refractivity contribution < 1.29 is 26.8 Å². The van der Waals surface area contributed by atoms with E-state index in [9.17, 15) is 12.8 Å². The zero-order valence-electron chi connectivity index (χ0n) is 16.2. The second-order valence-corrected chi connectivity index (χ2v) is 9.79. The maximum atomic E-state index is 13.8. The molecular formula is C20H18ClFN2O5S. The van der Waals surface area contributed by atoms with Gasteiger partial charge in [0, 0.05) is 21.7 Å². The van der Waals surface area contributed by atoms with Gasteiger partial charge in [-0.2, -0.15) is 4.98 Å². The number of nitrogens with zero attached hydrogens (tertiary/aromatic N) is 2. The molecule has 0 fully saturated rings. The van der Waals surface area contributed by atoms with E-state index in [-0.39, 0.29) is 24.3 Å². The molecule has 0 amide bonds. The fraction of sp³-hybridized carbons (Fsp3) is 0.300. The molecule has 1 unspecified atom stereocenters. The van der Waals surface area contributed by atoms with Crippen LogP contribution in [0.1, 0.15) is 34.8 Å². The van der Waals surface area contributed by atoms with Crippen molar-refractivity contribution in [2.45, 2.75) is 31.5 Å². The zero-order chi connectivity index (χ0) is 21.5. The first-order valence-corrected chi connectivity index (χ1v) is 11.2. The van der Waals surface area contributed by atoms with Gasteiger partial charge in [0.15, 0.2) is 16.6 Å². The molecule has 3 aromatic rings. The summed E-state index contributed by atoms with van der Waals surface area (Å²) in [7, 11) is -3.75. The quantitative estimate of drug-likeness (QED) is 0.567. The van der Waals surface area contributed by atoms with Crippen molar-refractivity contribution >= 4 is 21.4 Å². The summed E-state index contributed by atoms with van der Waals surface area (Å²) in [6.07, 6.45) is 0. The zero-order valence-corrected chi connectivity index (χ0v) is 17.8. The molecule has 1 aromatic heterocycles. The number of hydrogen-bond donors (Lipinski definition) is 0. The number of fused-ring (bicyclic) bond motifs is 1. The molecule has 158 valence electrons. The van der Waals surface area contributed by atoms with Crippen LogP contribution in [0, 0.1) is 12.7 Å². The lowest BCUT2D eigenvalue weighted by molar-refractivity contribution is -0.0169. The maximum Gasteiger partial charge on any atom is 0.245 e. The predicted octanol–water partition coefficient (Wildman–Crippen LogP) is 4.38. The third-order valence-corrected chi connectivity index (χ3v) is 7.08. The van der Waals surface area contributed by atoms with Gasteiger partial charge in [-0.15, -0.1) is 0 Å². The van der Waals surface area contributed by atoms with Crippen LogP contribution in [0.2, 0.25) is 5.02 Å². The highest BCUT2D eigenvalue weighted by Gasteiger charge is 2.31. The molecule has 0 saturated carbocycles. The van der Waals surface area contributed by atoms with Gasteiger partial charge in [0.1, 0.15) is 16.8 Å². The van der Waals surface area contributed by atoms with Crippen LogP contribution in [0.3, 0.4) is 0 Å². The molecule has 10 heteroatoms. The van der Waals surface area contributed by atoms with Crippen molar-refractivity contribution in [1.29, 1.82) is 0 Å². The average molecular weight is 453 g/mol. The van der Waals surface area contributed by atoms with Crippen LogP contribution in [-0.2, 0) is 26.9 Å². The summed E-state index contributed by atoms with van der Waals surface area (Å²) in [5.74, 6) is -0.233. The van der Waals surface area contributed by atoms with E-state index in [0.29, 0.717) is 39.6 Å². The minimum Gasteiger partial charge on any atom is -0.467 e. The summed E-state index contributed by atoms with van der Waals surface area (Å²) >= 11 is 6.12. The van der Waals surface area contributed by atoms with Crippen LogP contribution in [-0.4, -0.2) is 25.4 Å². The normalized spacial score (nSPS) is 14.8. The lowest BCUT2D eigenvalue weighted by atomic mass is 10.1. The number of rotatable bonds is 5. The summed E-state index contributed by atoms with van der Waals surface area (Å²) in [5, 5.41) is 3.11. The maximum absolute atomic E-state index is 13.8. The van der Waals surface area contributed by atoms with Crippen LogP contribution in [0.4, 0.5) is 4.39 Å². The largest absolute Gasteiger partial charge is 0.467 e. The van der Waals surface area contributed by atoms with Gasteiger partial charge in [0.25, 0.3) is 0 Å². The fourth-order valence-corrected chi connectivity index (χ4v) is 4.67. The summed E-state index contributed by atoms with van der Waals surface area (Å²) < 4.78 is 55.8. The topological polar surface area (TPSA) is 91.5 Å². The van der Waals surface area contributed by atoms with Crippen molar-refractivity contribution in [1.82, 2.24) is 10.1 Å². The summed E-state index contributed by atoms with van der Waals surface area (Å²) in [6, 6.07) is 7.75. The van der Waals surface area contributed by atoms with E-state index in [4.69, 9.17) is 25.6 Å². The molecule has 4 rings (SSSR count). The third kappa shape index (κ3) is 4.05. The molecule has 7 nitrogen and oxygen atoms in total. The first-order valence-electron chi connectivity index (χ1n) is 9.08. The number of ether oxygens (including phenoxy) is 2. The summed E-state index contributed by atoms with van der Waals surface area (Å²) in [5.41, 5.74) is 2.01. The second-order valence-electron chi connectivity index (χ2n) is 7.03. The van der Waals surface area contributed by atoms with Crippen molar-refractivity contribution in [3.8, 4) is 17.1 Å². The first-order chi connectivity index (χ1) is 14.2. The Morgan fingerprint density at radius 1 is 1.27 bits per heavy atom. The number of halogens is 2. The van der Waals surface area contributed by atoms with Crippen LogP contribution in [0.15, 0.2) is 34.9 Å². The Hall–Kier alpha value is -2.49. The fourth-order valence-electron chi connectivity index (χ4n) is 3.11. The molecule has 2 aromatic carbocycles. The molecule has 1 aliphatic heterocycles. The van der Waals surface area contributed by atoms with E-state index in [2.05, 4.69) is 10.1 Å². The Kier molecular flexibility index (Phi) is 5.52. The average Bonchev–Trinajstić information content (AvgIpc) is 3.19. The Labute approximate surface area is 177 Å². The molecule has 1 aliphatic rings. The van der Waals surface area contributed by atoms with Gasteiger partial charge in [-0.3, -0.25) is 0 Å². The van der Waals surface area contributed by atoms with Crippen molar-refractivity contribution in [3.63, 3.8) is 0 Å². The molecule has 0 radical (unpaired) electrons. The van der Waals surface area contributed by atoms with E-state index >= 15 is 0 Å². The molecule has 2 heterocycles. The molecule has 0 aliphatic carbocycles. The van der Waals surface area contributed by atoms with Gasteiger partial charge in [0.2, 0.25) is 11.7 Å². The molecule has 0 saturated heterocycles. The molecule has 0 N–H and O–H groups in total.